The van der Waals surface area contributed by atoms with Crippen molar-refractivity contribution < 1.29 is 8.42 Å². The Morgan fingerprint density at radius 3 is 2.07 bits per heavy atom. The molecule has 0 spiro atoms. The fourth-order valence-corrected chi connectivity index (χ4v) is 3.85. The molecule has 0 aliphatic carbocycles. The van der Waals surface area contributed by atoms with Gasteiger partial charge in [0.05, 0.1) is 4.90 Å². The Balaban J connectivity index is 1.79. The summed E-state index contributed by atoms with van der Waals surface area (Å²) in [7, 11) is -3.55. The van der Waals surface area contributed by atoms with Gasteiger partial charge in [0.2, 0.25) is 10.0 Å². The largest absolute Gasteiger partial charge is 0.240 e. The Morgan fingerprint density at radius 1 is 0.852 bits per heavy atom. The van der Waals surface area contributed by atoms with Crippen LogP contribution in [0.2, 0.25) is 0 Å². The monoisotopic (exact) mass is 377 g/mol. The molecule has 3 aromatic carbocycles. The highest BCUT2D eigenvalue weighted by atomic mass is 32.2. The van der Waals surface area contributed by atoms with Crippen molar-refractivity contribution in [3.05, 3.63) is 108 Å². The van der Waals surface area contributed by atoms with Gasteiger partial charge in [-0.15, -0.1) is 0 Å². The predicted octanol–water partition coefficient (Wildman–Crippen LogP) is 4.77. The van der Waals surface area contributed by atoms with E-state index in [0.717, 1.165) is 16.7 Å². The Kier molecular flexibility index (Phi) is 6.22. The van der Waals surface area contributed by atoms with E-state index in [1.54, 1.807) is 24.3 Å². The lowest BCUT2D eigenvalue weighted by molar-refractivity contribution is 0.578. The van der Waals surface area contributed by atoms with Crippen LogP contribution in [0.15, 0.2) is 95.9 Å². The first-order chi connectivity index (χ1) is 13.0. The topological polar surface area (TPSA) is 46.2 Å². The van der Waals surface area contributed by atoms with Crippen LogP contribution in [0.4, 0.5) is 0 Å². The summed E-state index contributed by atoms with van der Waals surface area (Å²) in [6.07, 6.45) is 4.07. The first-order valence-electron chi connectivity index (χ1n) is 8.89. The van der Waals surface area contributed by atoms with Gasteiger partial charge >= 0.3 is 0 Å². The highest BCUT2D eigenvalue weighted by Crippen LogP contribution is 2.19. The van der Waals surface area contributed by atoms with Crippen LogP contribution in [-0.4, -0.2) is 15.0 Å². The molecule has 0 saturated heterocycles. The Morgan fingerprint density at radius 2 is 1.44 bits per heavy atom. The molecule has 0 fully saturated rings. The molecule has 4 heteroatoms. The van der Waals surface area contributed by atoms with Crippen molar-refractivity contribution in [1.82, 2.24) is 4.72 Å². The Labute approximate surface area is 161 Å². The van der Waals surface area contributed by atoms with E-state index in [9.17, 15) is 8.42 Å². The molecule has 0 amide bonds. The van der Waals surface area contributed by atoms with Crippen LogP contribution in [0.5, 0.6) is 0 Å². The van der Waals surface area contributed by atoms with Crippen molar-refractivity contribution in [2.24, 2.45) is 0 Å². The Bertz CT molecular complexity index is 980. The molecule has 3 aromatic rings. The van der Waals surface area contributed by atoms with Crippen LogP contribution in [0.25, 0.3) is 6.08 Å². The van der Waals surface area contributed by atoms with E-state index in [2.05, 4.69) is 4.72 Å². The molecule has 0 aliphatic heterocycles. The summed E-state index contributed by atoms with van der Waals surface area (Å²) in [5.41, 5.74) is 3.18. The second-order valence-electron chi connectivity index (χ2n) is 6.45. The van der Waals surface area contributed by atoms with E-state index in [4.69, 9.17) is 0 Å². The fraction of sp³-hybridized carbons (Fsp3) is 0.130. The van der Waals surface area contributed by atoms with Crippen molar-refractivity contribution in [2.75, 3.05) is 6.54 Å². The highest BCUT2D eigenvalue weighted by Gasteiger charge is 2.16. The van der Waals surface area contributed by atoms with E-state index in [1.807, 2.05) is 79.7 Å². The van der Waals surface area contributed by atoms with Gasteiger partial charge in [-0.05, 0) is 30.2 Å². The minimum absolute atomic E-state index is 0.0633. The summed E-state index contributed by atoms with van der Waals surface area (Å²) < 4.78 is 28.0. The third-order valence-corrected chi connectivity index (χ3v) is 5.81. The van der Waals surface area contributed by atoms with Crippen molar-refractivity contribution >= 4 is 16.1 Å². The molecule has 1 N–H and O–H groups in total. The molecular formula is C23H23NO2S. The first-order valence-corrected chi connectivity index (χ1v) is 10.4. The molecule has 0 radical (unpaired) electrons. The van der Waals surface area contributed by atoms with Gasteiger partial charge in [0.25, 0.3) is 0 Å². The minimum atomic E-state index is -3.55. The van der Waals surface area contributed by atoms with E-state index < -0.39 is 10.0 Å². The second kappa shape index (κ2) is 8.80. The van der Waals surface area contributed by atoms with Gasteiger partial charge in [-0.1, -0.05) is 90.5 Å². The highest BCUT2D eigenvalue weighted by molar-refractivity contribution is 7.89. The molecule has 3 nitrogen and oxygen atoms in total. The molecule has 0 aromatic heterocycles. The maximum Gasteiger partial charge on any atom is 0.240 e. The normalized spacial score (nSPS) is 12.9. The lowest BCUT2D eigenvalue weighted by atomic mass is 9.98. The zero-order valence-electron chi connectivity index (χ0n) is 15.2. The van der Waals surface area contributed by atoms with Crippen molar-refractivity contribution in [1.29, 1.82) is 0 Å². The number of hydrogen-bond donors (Lipinski definition) is 1. The summed E-state index contributed by atoms with van der Waals surface area (Å²) in [5.74, 6) is -0.0633. The van der Waals surface area contributed by atoms with Crippen LogP contribution >= 0.6 is 0 Å². The maximum atomic E-state index is 12.6. The van der Waals surface area contributed by atoms with Crippen molar-refractivity contribution in [2.45, 2.75) is 17.7 Å². The molecule has 27 heavy (non-hydrogen) atoms. The van der Waals surface area contributed by atoms with Crippen LogP contribution in [0.3, 0.4) is 0 Å². The van der Waals surface area contributed by atoms with Crippen LogP contribution in [0, 0.1) is 6.92 Å². The van der Waals surface area contributed by atoms with E-state index in [0.29, 0.717) is 6.54 Å². The van der Waals surface area contributed by atoms with E-state index in [-0.39, 0.29) is 10.8 Å². The van der Waals surface area contributed by atoms with E-state index >= 15 is 0 Å². The Hall–Kier alpha value is -2.69. The lowest BCUT2D eigenvalue weighted by Crippen LogP contribution is -2.28. The summed E-state index contributed by atoms with van der Waals surface area (Å²) in [4.78, 5) is 0.284. The standard InChI is InChI=1S/C23H23NO2S/c1-19-12-16-23(17-13-19)27(25,26)24-18-22(21-10-6-3-7-11-21)15-14-20-8-4-2-5-9-20/h2-17,22,24H,18H2,1H3/b15-14+. The number of hydrogen-bond acceptors (Lipinski definition) is 2. The summed E-state index contributed by atoms with van der Waals surface area (Å²) in [6, 6.07) is 26.8. The van der Waals surface area contributed by atoms with Gasteiger partial charge < -0.3 is 0 Å². The van der Waals surface area contributed by atoms with E-state index in [1.165, 1.54) is 0 Å². The van der Waals surface area contributed by atoms with Crippen LogP contribution in [-0.2, 0) is 10.0 Å². The molecular weight excluding hydrogens is 354 g/mol. The van der Waals surface area contributed by atoms with Crippen molar-refractivity contribution in [3.63, 3.8) is 0 Å². The number of rotatable bonds is 7. The maximum absolute atomic E-state index is 12.6. The van der Waals surface area contributed by atoms with Crippen molar-refractivity contribution in [3.8, 4) is 0 Å². The molecule has 0 aliphatic rings. The molecule has 138 valence electrons. The van der Waals surface area contributed by atoms with Gasteiger partial charge in [0, 0.05) is 12.5 Å². The quantitative estimate of drug-likeness (QED) is 0.645. The van der Waals surface area contributed by atoms with Gasteiger partial charge in [-0.2, -0.15) is 0 Å². The SMILES string of the molecule is Cc1ccc(S(=O)(=O)NCC(/C=C/c2ccccc2)c2ccccc2)cc1. The number of aryl methyl sites for hydroxylation is 1. The molecule has 1 atom stereocenters. The third-order valence-electron chi connectivity index (χ3n) is 4.37. The average Bonchev–Trinajstić information content (AvgIpc) is 2.70. The lowest BCUT2D eigenvalue weighted by Gasteiger charge is -2.15. The minimum Gasteiger partial charge on any atom is -0.210 e. The zero-order valence-corrected chi connectivity index (χ0v) is 16.1. The molecule has 3 rings (SSSR count). The van der Waals surface area contributed by atoms with Crippen LogP contribution in [0.1, 0.15) is 22.6 Å². The second-order valence-corrected chi connectivity index (χ2v) is 8.22. The summed E-state index contributed by atoms with van der Waals surface area (Å²) >= 11 is 0. The summed E-state index contributed by atoms with van der Waals surface area (Å²) in [5, 5.41) is 0. The predicted molar refractivity (Wildman–Crippen MR) is 111 cm³/mol. The molecule has 0 bridgehead atoms. The summed E-state index contributed by atoms with van der Waals surface area (Å²) in [6.45, 7) is 2.23. The number of benzene rings is 3. The number of sulfonamides is 1. The molecule has 0 saturated carbocycles. The van der Waals surface area contributed by atoms with Crippen LogP contribution < -0.4 is 4.72 Å². The molecule has 0 heterocycles. The van der Waals surface area contributed by atoms with Gasteiger partial charge in [-0.3, -0.25) is 0 Å². The van der Waals surface area contributed by atoms with Gasteiger partial charge in [0.1, 0.15) is 0 Å². The zero-order chi connectivity index (χ0) is 19.1. The smallest absolute Gasteiger partial charge is 0.210 e. The van der Waals surface area contributed by atoms with Gasteiger partial charge in [0.15, 0.2) is 0 Å². The number of nitrogens with one attached hydrogen (secondary N) is 1. The first kappa shape index (κ1) is 19.1. The molecule has 1 unspecified atom stereocenters. The third kappa shape index (κ3) is 5.39. The van der Waals surface area contributed by atoms with Gasteiger partial charge in [-0.25, -0.2) is 13.1 Å². The fourth-order valence-electron chi connectivity index (χ4n) is 2.79. The average molecular weight is 378 g/mol.